The molecule has 0 spiro atoms. The molecule has 15 heavy (non-hydrogen) atoms. The Balaban J connectivity index is 1.89. The third-order valence-electron chi connectivity index (χ3n) is 3.24. The van der Waals surface area contributed by atoms with Gasteiger partial charge in [-0.2, -0.15) is 0 Å². The van der Waals surface area contributed by atoms with Crippen molar-refractivity contribution in [3.05, 3.63) is 29.8 Å². The van der Waals surface area contributed by atoms with Crippen molar-refractivity contribution in [3.8, 4) is 0 Å². The molecule has 2 unspecified atom stereocenters. The monoisotopic (exact) mass is 203 g/mol. The van der Waals surface area contributed by atoms with Crippen LogP contribution < -0.4 is 4.90 Å². The van der Waals surface area contributed by atoms with Gasteiger partial charge in [-0.3, -0.25) is 4.79 Å². The number of benzene rings is 1. The minimum absolute atomic E-state index is 0.398. The largest absolute Gasteiger partial charge is 0.374 e. The van der Waals surface area contributed by atoms with E-state index in [0.29, 0.717) is 12.1 Å². The fourth-order valence-electron chi connectivity index (χ4n) is 2.49. The lowest BCUT2D eigenvalue weighted by Crippen LogP contribution is -2.36. The minimum Gasteiger partial charge on any atom is -0.374 e. The molecule has 3 nitrogen and oxygen atoms in total. The zero-order chi connectivity index (χ0) is 10.3. The fraction of sp³-hybridized carbons (Fsp3) is 0.417. The third-order valence-corrected chi connectivity index (χ3v) is 3.24. The Morgan fingerprint density at radius 3 is 3.07 bits per heavy atom. The van der Waals surface area contributed by atoms with Gasteiger partial charge in [0.15, 0.2) is 0 Å². The van der Waals surface area contributed by atoms with E-state index < -0.39 is 0 Å². The Hall–Kier alpha value is -1.35. The van der Waals surface area contributed by atoms with Gasteiger partial charge in [-0.15, -0.1) is 0 Å². The summed E-state index contributed by atoms with van der Waals surface area (Å²) in [4.78, 5) is 13.0. The third kappa shape index (κ3) is 1.43. The summed E-state index contributed by atoms with van der Waals surface area (Å²) in [5, 5.41) is 0. The number of nitrogens with zero attached hydrogens (tertiary/aromatic N) is 1. The number of morpholine rings is 1. The predicted molar refractivity (Wildman–Crippen MR) is 57.3 cm³/mol. The zero-order valence-electron chi connectivity index (χ0n) is 8.43. The van der Waals surface area contributed by atoms with Crippen LogP contribution in [-0.2, 0) is 4.74 Å². The van der Waals surface area contributed by atoms with E-state index in [9.17, 15) is 4.79 Å². The van der Waals surface area contributed by atoms with Crippen molar-refractivity contribution in [2.75, 3.05) is 18.1 Å². The van der Waals surface area contributed by atoms with Gasteiger partial charge in [0.1, 0.15) is 6.29 Å². The smallest absolute Gasteiger partial charge is 0.150 e. The van der Waals surface area contributed by atoms with Crippen molar-refractivity contribution in [1.29, 1.82) is 0 Å². The Kier molecular flexibility index (Phi) is 1.99. The molecule has 3 heteroatoms. The molecule has 0 aliphatic carbocycles. The van der Waals surface area contributed by atoms with Crippen molar-refractivity contribution < 1.29 is 9.53 Å². The molecule has 3 rings (SSSR count). The first-order valence-corrected chi connectivity index (χ1v) is 5.30. The van der Waals surface area contributed by atoms with Gasteiger partial charge in [-0.05, 0) is 18.6 Å². The molecule has 2 heterocycles. The molecule has 0 N–H and O–H groups in total. The van der Waals surface area contributed by atoms with Gasteiger partial charge in [0.05, 0.1) is 18.8 Å². The average molecular weight is 203 g/mol. The summed E-state index contributed by atoms with van der Waals surface area (Å²) in [6, 6.07) is 8.30. The molecule has 2 aliphatic rings. The normalized spacial score (nSPS) is 28.4. The van der Waals surface area contributed by atoms with Gasteiger partial charge < -0.3 is 9.64 Å². The number of hydrogen-bond donors (Lipinski definition) is 0. The lowest BCUT2D eigenvalue weighted by Gasteiger charge is -2.29. The van der Waals surface area contributed by atoms with Gasteiger partial charge in [0.25, 0.3) is 0 Å². The highest BCUT2D eigenvalue weighted by atomic mass is 16.5. The zero-order valence-corrected chi connectivity index (χ0v) is 8.43. The molecule has 1 aromatic carbocycles. The van der Waals surface area contributed by atoms with Gasteiger partial charge >= 0.3 is 0 Å². The number of aldehydes is 1. The summed E-state index contributed by atoms with van der Waals surface area (Å²) in [6.07, 6.45) is 2.43. The van der Waals surface area contributed by atoms with E-state index in [4.69, 9.17) is 4.74 Å². The van der Waals surface area contributed by atoms with Crippen LogP contribution in [0.1, 0.15) is 16.8 Å². The predicted octanol–water partition coefficient (Wildman–Crippen LogP) is 1.48. The van der Waals surface area contributed by atoms with Crippen molar-refractivity contribution in [2.24, 2.45) is 0 Å². The molecule has 1 aromatic rings. The average Bonchev–Trinajstić information content (AvgIpc) is 2.91. The van der Waals surface area contributed by atoms with Crippen molar-refractivity contribution >= 4 is 12.0 Å². The molecule has 0 saturated carbocycles. The summed E-state index contributed by atoms with van der Waals surface area (Å²) in [6.45, 7) is 1.79. The van der Waals surface area contributed by atoms with Crippen molar-refractivity contribution in [3.63, 3.8) is 0 Å². The van der Waals surface area contributed by atoms with Crippen LogP contribution >= 0.6 is 0 Å². The van der Waals surface area contributed by atoms with Gasteiger partial charge in [0, 0.05) is 17.8 Å². The molecule has 78 valence electrons. The van der Waals surface area contributed by atoms with Crippen LogP contribution in [0.25, 0.3) is 0 Å². The molecule has 2 fully saturated rings. The number of ether oxygens (including phenoxy) is 1. The van der Waals surface area contributed by atoms with E-state index in [2.05, 4.69) is 11.0 Å². The van der Waals surface area contributed by atoms with E-state index >= 15 is 0 Å². The number of carbonyl (C=O) groups excluding carboxylic acids is 1. The van der Waals surface area contributed by atoms with Crippen LogP contribution in [-0.4, -0.2) is 31.6 Å². The van der Waals surface area contributed by atoms with Crippen LogP contribution in [0.3, 0.4) is 0 Å². The number of anilines is 1. The minimum atomic E-state index is 0.398. The van der Waals surface area contributed by atoms with E-state index in [0.717, 1.165) is 37.1 Å². The van der Waals surface area contributed by atoms with Crippen molar-refractivity contribution in [1.82, 2.24) is 0 Å². The summed E-state index contributed by atoms with van der Waals surface area (Å²) in [7, 11) is 0. The Bertz CT molecular complexity index is 391. The lowest BCUT2D eigenvalue weighted by atomic mass is 10.2. The van der Waals surface area contributed by atoms with Crippen LogP contribution in [0, 0.1) is 0 Å². The fourth-order valence-corrected chi connectivity index (χ4v) is 2.49. The quantitative estimate of drug-likeness (QED) is 0.682. The molecule has 2 bridgehead atoms. The first-order chi connectivity index (χ1) is 7.36. The highest BCUT2D eigenvalue weighted by Gasteiger charge is 2.38. The van der Waals surface area contributed by atoms with E-state index in [1.54, 1.807) is 0 Å². The van der Waals surface area contributed by atoms with E-state index in [1.165, 1.54) is 0 Å². The van der Waals surface area contributed by atoms with Gasteiger partial charge in [0.2, 0.25) is 0 Å². The first kappa shape index (κ1) is 8.92. The number of fused-ring (bicyclic) bond motifs is 2. The summed E-state index contributed by atoms with van der Waals surface area (Å²) >= 11 is 0. The van der Waals surface area contributed by atoms with Crippen LogP contribution in [0.2, 0.25) is 0 Å². The second-order valence-electron chi connectivity index (χ2n) is 4.21. The topological polar surface area (TPSA) is 29.5 Å². The summed E-state index contributed by atoms with van der Waals surface area (Å²) in [5.41, 5.74) is 1.89. The SMILES string of the molecule is O=Cc1cccc(N2CC3CC2CO3)c1. The molecular formula is C12H13NO2. The van der Waals surface area contributed by atoms with E-state index in [1.807, 2.05) is 18.2 Å². The Labute approximate surface area is 88.6 Å². The second-order valence-corrected chi connectivity index (χ2v) is 4.21. The maximum absolute atomic E-state index is 10.7. The van der Waals surface area contributed by atoms with Crippen LogP contribution in [0.15, 0.2) is 24.3 Å². The molecule has 2 saturated heterocycles. The molecule has 0 aromatic heterocycles. The van der Waals surface area contributed by atoms with E-state index in [-0.39, 0.29) is 0 Å². The summed E-state index contributed by atoms with van der Waals surface area (Å²) in [5.74, 6) is 0. The Morgan fingerprint density at radius 2 is 2.40 bits per heavy atom. The molecular weight excluding hydrogens is 190 g/mol. The Morgan fingerprint density at radius 1 is 1.47 bits per heavy atom. The van der Waals surface area contributed by atoms with Crippen molar-refractivity contribution in [2.45, 2.75) is 18.6 Å². The lowest BCUT2D eigenvalue weighted by molar-refractivity contribution is 0.0991. The number of rotatable bonds is 2. The number of carbonyl (C=O) groups is 1. The second kappa shape index (κ2) is 3.35. The van der Waals surface area contributed by atoms with Crippen LogP contribution in [0.4, 0.5) is 5.69 Å². The first-order valence-electron chi connectivity index (χ1n) is 5.30. The van der Waals surface area contributed by atoms with Gasteiger partial charge in [-0.1, -0.05) is 12.1 Å². The summed E-state index contributed by atoms with van der Waals surface area (Å²) < 4.78 is 5.55. The molecule has 2 atom stereocenters. The highest BCUT2D eigenvalue weighted by Crippen LogP contribution is 2.32. The highest BCUT2D eigenvalue weighted by molar-refractivity contribution is 5.77. The molecule has 0 radical (unpaired) electrons. The molecule has 0 amide bonds. The van der Waals surface area contributed by atoms with Gasteiger partial charge in [-0.25, -0.2) is 0 Å². The van der Waals surface area contributed by atoms with Crippen LogP contribution in [0.5, 0.6) is 0 Å². The maximum atomic E-state index is 10.7. The standard InChI is InChI=1S/C12H13NO2/c14-7-9-2-1-3-10(4-9)13-6-12-5-11(13)8-15-12/h1-4,7,11-12H,5-6,8H2. The molecule has 2 aliphatic heterocycles. The number of hydrogen-bond acceptors (Lipinski definition) is 3. The maximum Gasteiger partial charge on any atom is 0.150 e.